The molecule has 1 aromatic rings. The number of ether oxygens (including phenoxy) is 1. The Hall–Kier alpha value is -0.340. The van der Waals surface area contributed by atoms with Crippen molar-refractivity contribution in [1.82, 2.24) is 0 Å². The molecular weight excluding hydrogens is 264 g/mol. The van der Waals surface area contributed by atoms with Crippen LogP contribution in [-0.2, 0) is 11.3 Å². The van der Waals surface area contributed by atoms with E-state index in [9.17, 15) is 0 Å². The number of hydrogen-bond donors (Lipinski definition) is 0. The van der Waals surface area contributed by atoms with Crippen molar-refractivity contribution in [3.8, 4) is 0 Å². The van der Waals surface area contributed by atoms with Crippen LogP contribution >= 0.6 is 15.9 Å². The Morgan fingerprint density at radius 3 is 2.25 bits per heavy atom. The highest BCUT2D eigenvalue weighted by Gasteiger charge is 2.16. The van der Waals surface area contributed by atoms with Crippen molar-refractivity contribution in [2.45, 2.75) is 44.7 Å². The highest BCUT2D eigenvalue weighted by Crippen LogP contribution is 2.18. The summed E-state index contributed by atoms with van der Waals surface area (Å²) in [6.45, 7) is 7.31. The first kappa shape index (κ1) is 13.7. The molecule has 0 amide bonds. The third kappa shape index (κ3) is 5.13. The summed E-state index contributed by atoms with van der Waals surface area (Å²) in [6.07, 6.45) is 1.39. The van der Waals surface area contributed by atoms with Crippen LogP contribution in [0.1, 0.15) is 32.8 Å². The lowest BCUT2D eigenvalue weighted by molar-refractivity contribution is 0.0296. The Bertz CT molecular complexity index is 282. The van der Waals surface area contributed by atoms with E-state index < -0.39 is 0 Å². The minimum atomic E-state index is 0.292. The molecule has 2 heteroatoms. The largest absolute Gasteiger partial charge is 0.372 e. The number of rotatable bonds is 6. The standard InChI is InChI=1S/C14H21BrO/c1-11(2)9-14(12(3)15)16-10-13-7-5-4-6-8-13/h4-8,11-12,14H,9-10H2,1-3H3. The fraction of sp³-hybridized carbons (Fsp3) is 0.571. The van der Waals surface area contributed by atoms with Gasteiger partial charge in [0.25, 0.3) is 0 Å². The second-order valence-corrected chi connectivity index (χ2v) is 6.09. The Morgan fingerprint density at radius 2 is 1.75 bits per heavy atom. The van der Waals surface area contributed by atoms with Gasteiger partial charge in [0, 0.05) is 4.83 Å². The summed E-state index contributed by atoms with van der Waals surface area (Å²) >= 11 is 3.62. The monoisotopic (exact) mass is 284 g/mol. The molecule has 1 nitrogen and oxygen atoms in total. The maximum atomic E-state index is 5.95. The molecule has 2 atom stereocenters. The van der Waals surface area contributed by atoms with E-state index in [-0.39, 0.29) is 0 Å². The van der Waals surface area contributed by atoms with Crippen molar-refractivity contribution in [2.24, 2.45) is 5.92 Å². The van der Waals surface area contributed by atoms with Crippen LogP contribution in [-0.4, -0.2) is 10.9 Å². The predicted octanol–water partition coefficient (Wildman–Crippen LogP) is 4.40. The first-order valence-corrected chi connectivity index (χ1v) is 6.80. The Labute approximate surface area is 107 Å². The maximum Gasteiger partial charge on any atom is 0.0721 e. The van der Waals surface area contributed by atoms with Crippen LogP contribution in [0.2, 0.25) is 0 Å². The van der Waals surface area contributed by atoms with Gasteiger partial charge in [-0.3, -0.25) is 0 Å². The third-order valence-corrected chi connectivity index (χ3v) is 3.11. The Morgan fingerprint density at radius 1 is 1.12 bits per heavy atom. The van der Waals surface area contributed by atoms with Gasteiger partial charge in [-0.15, -0.1) is 0 Å². The fourth-order valence-electron chi connectivity index (χ4n) is 1.63. The van der Waals surface area contributed by atoms with Crippen LogP contribution in [0.25, 0.3) is 0 Å². The molecule has 2 unspecified atom stereocenters. The summed E-state index contributed by atoms with van der Waals surface area (Å²) in [6, 6.07) is 10.3. The van der Waals surface area contributed by atoms with Crippen molar-refractivity contribution in [3.05, 3.63) is 35.9 Å². The van der Waals surface area contributed by atoms with Crippen LogP contribution in [0.4, 0.5) is 0 Å². The number of alkyl halides is 1. The SMILES string of the molecule is CC(C)CC(OCc1ccccc1)C(C)Br. The van der Waals surface area contributed by atoms with Crippen molar-refractivity contribution in [1.29, 1.82) is 0 Å². The van der Waals surface area contributed by atoms with E-state index in [4.69, 9.17) is 4.74 Å². The summed E-state index contributed by atoms with van der Waals surface area (Å²) in [7, 11) is 0. The Balaban J connectivity index is 2.44. The molecule has 1 aromatic carbocycles. The van der Waals surface area contributed by atoms with Crippen LogP contribution in [0, 0.1) is 5.92 Å². The first-order chi connectivity index (χ1) is 7.59. The second-order valence-electron chi connectivity index (χ2n) is 4.64. The molecule has 0 saturated heterocycles. The van der Waals surface area contributed by atoms with Gasteiger partial charge in [0.1, 0.15) is 0 Å². The van der Waals surface area contributed by atoms with Gasteiger partial charge >= 0.3 is 0 Å². The van der Waals surface area contributed by atoms with E-state index in [1.54, 1.807) is 0 Å². The van der Waals surface area contributed by atoms with Crippen LogP contribution < -0.4 is 0 Å². The molecule has 16 heavy (non-hydrogen) atoms. The van der Waals surface area contributed by atoms with Crippen LogP contribution in [0.5, 0.6) is 0 Å². The first-order valence-electron chi connectivity index (χ1n) is 5.89. The van der Waals surface area contributed by atoms with Gasteiger partial charge in [-0.25, -0.2) is 0 Å². The zero-order valence-corrected chi connectivity index (χ0v) is 11.9. The van der Waals surface area contributed by atoms with Gasteiger partial charge in [-0.1, -0.05) is 67.0 Å². The lowest BCUT2D eigenvalue weighted by atomic mass is 10.0. The lowest BCUT2D eigenvalue weighted by Gasteiger charge is -2.22. The molecule has 0 saturated carbocycles. The molecule has 1 rings (SSSR count). The van der Waals surface area contributed by atoms with E-state index >= 15 is 0 Å². The number of benzene rings is 1. The van der Waals surface area contributed by atoms with E-state index in [2.05, 4.69) is 48.8 Å². The zero-order valence-electron chi connectivity index (χ0n) is 10.3. The molecule has 90 valence electrons. The van der Waals surface area contributed by atoms with Crippen LogP contribution in [0.3, 0.4) is 0 Å². The van der Waals surface area contributed by atoms with E-state index in [1.807, 2.05) is 18.2 Å². The van der Waals surface area contributed by atoms with Crippen molar-refractivity contribution in [2.75, 3.05) is 0 Å². The van der Waals surface area contributed by atoms with Crippen molar-refractivity contribution < 1.29 is 4.74 Å². The molecule has 0 aliphatic carbocycles. The molecular formula is C14H21BrO. The summed E-state index contributed by atoms with van der Waals surface area (Å²) in [4.78, 5) is 0.401. The minimum absolute atomic E-state index is 0.292. The summed E-state index contributed by atoms with van der Waals surface area (Å²) in [5.74, 6) is 0.667. The number of halogens is 1. The van der Waals surface area contributed by atoms with Crippen molar-refractivity contribution >= 4 is 15.9 Å². The van der Waals surface area contributed by atoms with Gasteiger partial charge in [-0.05, 0) is 17.9 Å². The minimum Gasteiger partial charge on any atom is -0.372 e. The Kier molecular flexibility index (Phi) is 6.07. The predicted molar refractivity (Wildman–Crippen MR) is 72.9 cm³/mol. The van der Waals surface area contributed by atoms with Gasteiger partial charge in [-0.2, -0.15) is 0 Å². The quantitative estimate of drug-likeness (QED) is 0.704. The lowest BCUT2D eigenvalue weighted by Crippen LogP contribution is -2.23. The molecule has 0 N–H and O–H groups in total. The van der Waals surface area contributed by atoms with Gasteiger partial charge < -0.3 is 4.74 Å². The van der Waals surface area contributed by atoms with E-state index in [0.717, 1.165) is 6.42 Å². The van der Waals surface area contributed by atoms with E-state index in [0.29, 0.717) is 23.5 Å². The fourth-order valence-corrected chi connectivity index (χ4v) is 2.00. The molecule has 0 aliphatic rings. The third-order valence-electron chi connectivity index (χ3n) is 2.52. The van der Waals surface area contributed by atoms with Crippen molar-refractivity contribution in [3.63, 3.8) is 0 Å². The highest BCUT2D eigenvalue weighted by molar-refractivity contribution is 9.09. The van der Waals surface area contributed by atoms with Gasteiger partial charge in [0.2, 0.25) is 0 Å². The van der Waals surface area contributed by atoms with Gasteiger partial charge in [0.15, 0.2) is 0 Å². The summed E-state index contributed by atoms with van der Waals surface area (Å²) < 4.78 is 5.95. The molecule has 0 spiro atoms. The summed E-state index contributed by atoms with van der Waals surface area (Å²) in [5, 5.41) is 0. The molecule has 0 bridgehead atoms. The highest BCUT2D eigenvalue weighted by atomic mass is 79.9. The molecule has 0 aliphatic heterocycles. The number of hydrogen-bond acceptors (Lipinski definition) is 1. The average Bonchev–Trinajstić information content (AvgIpc) is 2.25. The summed E-state index contributed by atoms with van der Waals surface area (Å²) in [5.41, 5.74) is 1.24. The average molecular weight is 285 g/mol. The normalized spacial score (nSPS) is 15.1. The topological polar surface area (TPSA) is 9.23 Å². The molecule has 0 heterocycles. The molecule has 0 radical (unpaired) electrons. The molecule has 0 fully saturated rings. The second kappa shape index (κ2) is 7.08. The van der Waals surface area contributed by atoms with E-state index in [1.165, 1.54) is 5.56 Å². The van der Waals surface area contributed by atoms with Crippen LogP contribution in [0.15, 0.2) is 30.3 Å². The smallest absolute Gasteiger partial charge is 0.0721 e. The zero-order chi connectivity index (χ0) is 12.0. The molecule has 0 aromatic heterocycles. The van der Waals surface area contributed by atoms with Gasteiger partial charge in [0.05, 0.1) is 12.7 Å². The maximum absolute atomic E-state index is 5.95.